The van der Waals surface area contributed by atoms with E-state index in [1.165, 1.54) is 5.56 Å². The highest BCUT2D eigenvalue weighted by Crippen LogP contribution is 2.22. The van der Waals surface area contributed by atoms with E-state index in [0.717, 1.165) is 25.8 Å². The zero-order valence-corrected chi connectivity index (χ0v) is 11.9. The molecule has 0 aliphatic carbocycles. The number of benzene rings is 1. The number of carbonyl (C=O) groups is 1. The van der Waals surface area contributed by atoms with Crippen LogP contribution in [-0.4, -0.2) is 29.4 Å². The lowest BCUT2D eigenvalue weighted by molar-refractivity contribution is -0.134. The molecule has 1 aromatic rings. The van der Waals surface area contributed by atoms with E-state index >= 15 is 0 Å². The Hall–Kier alpha value is -1.35. The summed E-state index contributed by atoms with van der Waals surface area (Å²) in [5, 5.41) is 0. The molecule has 2 N–H and O–H groups in total. The maximum absolute atomic E-state index is 12.4. The van der Waals surface area contributed by atoms with Crippen molar-refractivity contribution in [3.8, 4) is 0 Å². The van der Waals surface area contributed by atoms with Crippen molar-refractivity contribution >= 4 is 5.91 Å². The number of amides is 1. The van der Waals surface area contributed by atoms with Crippen LogP contribution in [0, 0.1) is 5.92 Å². The van der Waals surface area contributed by atoms with E-state index in [9.17, 15) is 4.79 Å². The van der Waals surface area contributed by atoms with E-state index < -0.39 is 0 Å². The van der Waals surface area contributed by atoms with Crippen molar-refractivity contribution < 1.29 is 4.79 Å². The molecule has 1 saturated heterocycles. The van der Waals surface area contributed by atoms with Gasteiger partial charge in [-0.1, -0.05) is 44.2 Å². The van der Waals surface area contributed by atoms with Gasteiger partial charge in [0.2, 0.25) is 5.91 Å². The molecule has 1 aliphatic heterocycles. The quantitative estimate of drug-likeness (QED) is 0.902. The van der Waals surface area contributed by atoms with Crippen molar-refractivity contribution in [1.82, 2.24) is 4.90 Å². The average molecular weight is 260 g/mol. The minimum absolute atomic E-state index is 0.119. The molecule has 0 saturated carbocycles. The average Bonchev–Trinajstić information content (AvgIpc) is 2.86. The summed E-state index contributed by atoms with van der Waals surface area (Å²) in [6.45, 7) is 4.87. The monoisotopic (exact) mass is 260 g/mol. The molecular weight excluding hydrogens is 236 g/mol. The summed E-state index contributed by atoms with van der Waals surface area (Å²) < 4.78 is 0. The smallest absolute Gasteiger partial charge is 0.240 e. The van der Waals surface area contributed by atoms with Crippen LogP contribution in [0.1, 0.15) is 32.3 Å². The van der Waals surface area contributed by atoms with Crippen LogP contribution in [0.15, 0.2) is 30.3 Å². The third-order valence-electron chi connectivity index (χ3n) is 3.98. The normalized spacial score (nSPS) is 20.8. The van der Waals surface area contributed by atoms with E-state index in [1.54, 1.807) is 0 Å². The zero-order chi connectivity index (χ0) is 13.8. The molecule has 0 bridgehead atoms. The Labute approximate surface area is 115 Å². The molecule has 2 rings (SSSR count). The Bertz CT molecular complexity index is 416. The molecule has 1 amide bonds. The summed E-state index contributed by atoms with van der Waals surface area (Å²) in [5.41, 5.74) is 7.30. The molecule has 104 valence electrons. The minimum atomic E-state index is -0.364. The van der Waals surface area contributed by atoms with E-state index in [-0.39, 0.29) is 17.9 Å². The first-order chi connectivity index (χ1) is 9.09. The van der Waals surface area contributed by atoms with Crippen LogP contribution in [0.25, 0.3) is 0 Å². The first kappa shape index (κ1) is 14.1. The van der Waals surface area contributed by atoms with Gasteiger partial charge in [0.15, 0.2) is 0 Å². The summed E-state index contributed by atoms with van der Waals surface area (Å²) in [5.74, 6) is 0.318. The second-order valence-corrected chi connectivity index (χ2v) is 5.79. The van der Waals surface area contributed by atoms with E-state index in [2.05, 4.69) is 24.3 Å². The predicted octanol–water partition coefficient (Wildman–Crippen LogP) is 2.20. The molecule has 1 heterocycles. The standard InChI is InChI=1S/C16H24N2O/c1-12(2)15(17)16(19)18-10-6-9-14(18)11-13-7-4-3-5-8-13/h3-5,7-8,12,14-15H,6,9-11,17H2,1-2H3/t14?,15-/m0/s1. The molecule has 1 aliphatic rings. The maximum atomic E-state index is 12.4. The highest BCUT2D eigenvalue weighted by atomic mass is 16.2. The molecular formula is C16H24N2O. The number of nitrogens with zero attached hydrogens (tertiary/aromatic N) is 1. The third-order valence-corrected chi connectivity index (χ3v) is 3.98. The number of nitrogens with two attached hydrogens (primary N) is 1. The van der Waals surface area contributed by atoms with Gasteiger partial charge in [-0.2, -0.15) is 0 Å². The van der Waals surface area contributed by atoms with Gasteiger partial charge >= 0.3 is 0 Å². The van der Waals surface area contributed by atoms with E-state index in [0.29, 0.717) is 6.04 Å². The molecule has 1 aromatic carbocycles. The fourth-order valence-electron chi connectivity index (χ4n) is 2.70. The fraction of sp³-hybridized carbons (Fsp3) is 0.562. The first-order valence-corrected chi connectivity index (χ1v) is 7.19. The Kier molecular flexibility index (Phi) is 4.59. The van der Waals surface area contributed by atoms with Gasteiger partial charge in [0, 0.05) is 12.6 Å². The summed E-state index contributed by atoms with van der Waals surface area (Å²) >= 11 is 0. The fourth-order valence-corrected chi connectivity index (χ4v) is 2.70. The number of hydrogen-bond donors (Lipinski definition) is 1. The first-order valence-electron chi connectivity index (χ1n) is 7.19. The van der Waals surface area contributed by atoms with Gasteiger partial charge in [0.1, 0.15) is 0 Å². The van der Waals surface area contributed by atoms with Gasteiger partial charge < -0.3 is 10.6 Å². The Morgan fingerprint density at radius 1 is 1.37 bits per heavy atom. The summed E-state index contributed by atoms with van der Waals surface area (Å²) in [4.78, 5) is 14.4. The lowest BCUT2D eigenvalue weighted by Crippen LogP contribution is -2.48. The van der Waals surface area contributed by atoms with Crippen molar-refractivity contribution in [3.63, 3.8) is 0 Å². The van der Waals surface area contributed by atoms with Gasteiger partial charge in [0.05, 0.1) is 6.04 Å². The molecule has 19 heavy (non-hydrogen) atoms. The Morgan fingerprint density at radius 3 is 2.68 bits per heavy atom. The molecule has 1 unspecified atom stereocenters. The number of carbonyl (C=O) groups excluding carboxylic acids is 1. The number of likely N-dealkylation sites (tertiary alicyclic amines) is 1. The van der Waals surface area contributed by atoms with E-state index in [1.807, 2.05) is 24.8 Å². The second kappa shape index (κ2) is 6.20. The largest absolute Gasteiger partial charge is 0.338 e. The molecule has 0 radical (unpaired) electrons. The molecule has 0 spiro atoms. The van der Waals surface area contributed by atoms with Crippen molar-refractivity contribution in [3.05, 3.63) is 35.9 Å². The van der Waals surface area contributed by atoms with Crippen LogP contribution in [0.5, 0.6) is 0 Å². The van der Waals surface area contributed by atoms with E-state index in [4.69, 9.17) is 5.73 Å². The van der Waals surface area contributed by atoms with Crippen LogP contribution in [0.2, 0.25) is 0 Å². The third kappa shape index (κ3) is 3.35. The molecule has 3 heteroatoms. The van der Waals surface area contributed by atoms with Gasteiger partial charge in [-0.05, 0) is 30.7 Å². The summed E-state index contributed by atoms with van der Waals surface area (Å²) in [6.07, 6.45) is 3.12. The molecule has 3 nitrogen and oxygen atoms in total. The van der Waals surface area contributed by atoms with Crippen LogP contribution in [0.3, 0.4) is 0 Å². The van der Waals surface area contributed by atoms with Gasteiger partial charge in [0.25, 0.3) is 0 Å². The van der Waals surface area contributed by atoms with Gasteiger partial charge in [-0.3, -0.25) is 4.79 Å². The predicted molar refractivity (Wildman–Crippen MR) is 77.7 cm³/mol. The van der Waals surface area contributed by atoms with Crippen molar-refractivity contribution in [2.75, 3.05) is 6.54 Å². The van der Waals surface area contributed by atoms with Crippen molar-refractivity contribution in [1.29, 1.82) is 0 Å². The summed E-state index contributed by atoms with van der Waals surface area (Å²) in [6, 6.07) is 10.3. The van der Waals surface area contributed by atoms with Gasteiger partial charge in [-0.25, -0.2) is 0 Å². The topological polar surface area (TPSA) is 46.3 Å². The number of rotatable bonds is 4. The Balaban J connectivity index is 2.03. The minimum Gasteiger partial charge on any atom is -0.338 e. The lowest BCUT2D eigenvalue weighted by atomic mass is 10.0. The van der Waals surface area contributed by atoms with Crippen LogP contribution in [0.4, 0.5) is 0 Å². The molecule has 1 fully saturated rings. The van der Waals surface area contributed by atoms with Crippen molar-refractivity contribution in [2.45, 2.75) is 45.2 Å². The highest BCUT2D eigenvalue weighted by Gasteiger charge is 2.32. The van der Waals surface area contributed by atoms with Crippen LogP contribution in [-0.2, 0) is 11.2 Å². The zero-order valence-electron chi connectivity index (χ0n) is 11.9. The SMILES string of the molecule is CC(C)[C@H](N)C(=O)N1CCCC1Cc1ccccc1. The van der Waals surface area contributed by atoms with Gasteiger partial charge in [-0.15, -0.1) is 0 Å². The maximum Gasteiger partial charge on any atom is 0.240 e. The van der Waals surface area contributed by atoms with Crippen molar-refractivity contribution in [2.24, 2.45) is 11.7 Å². The molecule has 2 atom stereocenters. The lowest BCUT2D eigenvalue weighted by Gasteiger charge is -2.29. The summed E-state index contributed by atoms with van der Waals surface area (Å²) in [7, 11) is 0. The van der Waals surface area contributed by atoms with Crippen LogP contribution >= 0.6 is 0 Å². The van der Waals surface area contributed by atoms with Crippen LogP contribution < -0.4 is 5.73 Å². The number of hydrogen-bond acceptors (Lipinski definition) is 2. The Morgan fingerprint density at radius 2 is 2.05 bits per heavy atom. The highest BCUT2D eigenvalue weighted by molar-refractivity contribution is 5.82. The molecule has 0 aromatic heterocycles. The second-order valence-electron chi connectivity index (χ2n) is 5.79.